The molecule has 0 radical (unpaired) electrons. The van der Waals surface area contributed by atoms with Crippen LogP contribution in [0.15, 0.2) is 30.3 Å². The summed E-state index contributed by atoms with van der Waals surface area (Å²) in [6.07, 6.45) is 2.81. The Hall–Kier alpha value is -1.35. The maximum Gasteiger partial charge on any atom is 0.338 e. The fourth-order valence-electron chi connectivity index (χ4n) is 1.73. The van der Waals surface area contributed by atoms with Gasteiger partial charge in [-0.3, -0.25) is 0 Å². The lowest BCUT2D eigenvalue weighted by atomic mass is 10.1. The summed E-state index contributed by atoms with van der Waals surface area (Å²) in [5, 5.41) is 9.86. The van der Waals surface area contributed by atoms with Crippen molar-refractivity contribution in [1.82, 2.24) is 0 Å². The molecule has 1 N–H and O–H groups in total. The van der Waals surface area contributed by atoms with E-state index in [1.165, 1.54) is 0 Å². The van der Waals surface area contributed by atoms with Crippen molar-refractivity contribution in [2.24, 2.45) is 0 Å². The predicted octanol–water partition coefficient (Wildman–Crippen LogP) is 3.17. The molecule has 1 aromatic rings. The lowest BCUT2D eigenvalue weighted by molar-refractivity contribution is -0.0139. The first-order valence-corrected chi connectivity index (χ1v) is 6.59. The van der Waals surface area contributed by atoms with Gasteiger partial charge in [0, 0.05) is 0 Å². The van der Waals surface area contributed by atoms with E-state index in [4.69, 9.17) is 4.74 Å². The van der Waals surface area contributed by atoms with Crippen molar-refractivity contribution < 1.29 is 14.6 Å². The fourth-order valence-corrected chi connectivity index (χ4v) is 1.73. The van der Waals surface area contributed by atoms with Crippen LogP contribution >= 0.6 is 0 Å². The van der Waals surface area contributed by atoms with E-state index >= 15 is 0 Å². The van der Waals surface area contributed by atoms with Gasteiger partial charge >= 0.3 is 5.97 Å². The molecule has 3 heteroatoms. The molecule has 0 bridgehead atoms. The lowest BCUT2D eigenvalue weighted by Crippen LogP contribution is -2.28. The molecule has 0 aliphatic carbocycles. The Labute approximate surface area is 109 Å². The van der Waals surface area contributed by atoms with Gasteiger partial charge in [-0.25, -0.2) is 4.79 Å². The van der Waals surface area contributed by atoms with Gasteiger partial charge in [-0.2, -0.15) is 0 Å². The number of carbonyl (C=O) groups is 1. The average molecular weight is 250 g/mol. The van der Waals surface area contributed by atoms with Crippen LogP contribution in [0.3, 0.4) is 0 Å². The molecule has 1 rings (SSSR count). The zero-order valence-corrected chi connectivity index (χ0v) is 11.1. The van der Waals surface area contributed by atoms with Crippen LogP contribution in [0.2, 0.25) is 0 Å². The first-order chi connectivity index (χ1) is 8.65. The molecule has 2 unspecified atom stereocenters. The molecule has 0 heterocycles. The van der Waals surface area contributed by atoms with E-state index in [2.05, 4.69) is 6.92 Å². The summed E-state index contributed by atoms with van der Waals surface area (Å²) in [6, 6.07) is 8.84. The van der Waals surface area contributed by atoms with Crippen LogP contribution in [0, 0.1) is 0 Å². The molecule has 0 fully saturated rings. The number of carbonyl (C=O) groups excluding carboxylic acids is 1. The van der Waals surface area contributed by atoms with Crippen LogP contribution in [-0.2, 0) is 4.74 Å². The molecule has 0 amide bonds. The number of aliphatic hydroxyl groups is 1. The highest BCUT2D eigenvalue weighted by molar-refractivity contribution is 5.89. The molecule has 2 atom stereocenters. The molecule has 0 spiro atoms. The molecular weight excluding hydrogens is 228 g/mol. The largest absolute Gasteiger partial charge is 0.456 e. The monoisotopic (exact) mass is 250 g/mol. The van der Waals surface area contributed by atoms with Gasteiger partial charge < -0.3 is 9.84 Å². The zero-order chi connectivity index (χ0) is 13.4. The zero-order valence-electron chi connectivity index (χ0n) is 11.1. The molecular formula is C15H22O3. The minimum atomic E-state index is -0.579. The Morgan fingerprint density at radius 1 is 1.28 bits per heavy atom. The maximum atomic E-state index is 11.8. The van der Waals surface area contributed by atoms with Gasteiger partial charge in [-0.15, -0.1) is 0 Å². The van der Waals surface area contributed by atoms with Gasteiger partial charge in [0.1, 0.15) is 6.10 Å². The molecule has 0 aromatic heterocycles. The Morgan fingerprint density at radius 3 is 2.56 bits per heavy atom. The molecule has 0 saturated heterocycles. The lowest BCUT2D eigenvalue weighted by Gasteiger charge is -2.19. The minimum Gasteiger partial charge on any atom is -0.456 e. The summed E-state index contributed by atoms with van der Waals surface area (Å²) in [5.74, 6) is -0.377. The number of esters is 1. The highest BCUT2D eigenvalue weighted by Gasteiger charge is 2.18. The number of aliphatic hydroxyl groups excluding tert-OH is 1. The Bertz CT molecular complexity index is 348. The van der Waals surface area contributed by atoms with Crippen molar-refractivity contribution in [3.63, 3.8) is 0 Å². The van der Waals surface area contributed by atoms with Crippen molar-refractivity contribution >= 4 is 5.97 Å². The van der Waals surface area contributed by atoms with Crippen molar-refractivity contribution in [3.05, 3.63) is 35.9 Å². The highest BCUT2D eigenvalue weighted by atomic mass is 16.6. The molecule has 100 valence electrons. The van der Waals surface area contributed by atoms with Gasteiger partial charge in [0.2, 0.25) is 0 Å². The van der Waals surface area contributed by atoms with E-state index in [-0.39, 0.29) is 5.97 Å². The fraction of sp³-hybridized carbons (Fsp3) is 0.533. The van der Waals surface area contributed by atoms with Crippen molar-refractivity contribution in [3.8, 4) is 0 Å². The van der Waals surface area contributed by atoms with Crippen LogP contribution in [0.5, 0.6) is 0 Å². The van der Waals surface area contributed by atoms with Crippen LogP contribution < -0.4 is 0 Å². The summed E-state index contributed by atoms with van der Waals surface area (Å²) < 4.78 is 5.24. The van der Waals surface area contributed by atoms with E-state index in [0.29, 0.717) is 12.0 Å². The van der Waals surface area contributed by atoms with Gasteiger partial charge in [0.25, 0.3) is 0 Å². The number of hydrogen-bond donors (Lipinski definition) is 1. The topological polar surface area (TPSA) is 46.5 Å². The standard InChI is InChI=1S/C15H22O3/c1-3-4-6-11-14(16)12(2)18-15(17)13-9-7-5-8-10-13/h5,7-10,12,14,16H,3-4,6,11H2,1-2H3. The normalized spacial score (nSPS) is 13.9. The molecule has 1 aromatic carbocycles. The van der Waals surface area contributed by atoms with Crippen molar-refractivity contribution in [1.29, 1.82) is 0 Å². The third-order valence-corrected chi connectivity index (χ3v) is 2.95. The summed E-state index contributed by atoms with van der Waals surface area (Å²) in [4.78, 5) is 11.8. The summed E-state index contributed by atoms with van der Waals surface area (Å²) in [7, 11) is 0. The van der Waals surface area contributed by atoms with E-state index in [1.807, 2.05) is 6.07 Å². The second-order valence-corrected chi connectivity index (χ2v) is 4.54. The number of unbranched alkanes of at least 4 members (excludes halogenated alkanes) is 2. The first kappa shape index (κ1) is 14.7. The minimum absolute atomic E-state index is 0.377. The summed E-state index contributed by atoms with van der Waals surface area (Å²) >= 11 is 0. The Morgan fingerprint density at radius 2 is 1.94 bits per heavy atom. The van der Waals surface area contributed by atoms with E-state index < -0.39 is 12.2 Å². The summed E-state index contributed by atoms with van der Waals surface area (Å²) in [5.41, 5.74) is 0.519. The summed E-state index contributed by atoms with van der Waals surface area (Å²) in [6.45, 7) is 3.85. The quantitative estimate of drug-likeness (QED) is 0.597. The van der Waals surface area contributed by atoms with Crippen molar-refractivity contribution in [2.75, 3.05) is 0 Å². The number of ether oxygens (including phenoxy) is 1. The number of benzene rings is 1. The highest BCUT2D eigenvalue weighted by Crippen LogP contribution is 2.11. The van der Waals surface area contributed by atoms with Gasteiger partial charge in [0.05, 0.1) is 11.7 Å². The SMILES string of the molecule is CCCCCC(O)C(C)OC(=O)c1ccccc1. The second kappa shape index (κ2) is 7.88. The number of hydrogen-bond acceptors (Lipinski definition) is 3. The molecule has 0 saturated carbocycles. The third-order valence-electron chi connectivity index (χ3n) is 2.95. The maximum absolute atomic E-state index is 11.8. The average Bonchev–Trinajstić information content (AvgIpc) is 2.39. The van der Waals surface area contributed by atoms with Gasteiger partial charge in [-0.05, 0) is 25.5 Å². The Balaban J connectivity index is 2.39. The molecule has 3 nitrogen and oxygen atoms in total. The van der Waals surface area contributed by atoms with E-state index in [9.17, 15) is 9.90 Å². The van der Waals surface area contributed by atoms with Crippen LogP contribution in [-0.4, -0.2) is 23.3 Å². The first-order valence-electron chi connectivity index (χ1n) is 6.59. The van der Waals surface area contributed by atoms with Gasteiger partial charge in [-0.1, -0.05) is 44.4 Å². The Kier molecular flexibility index (Phi) is 6.44. The van der Waals surface area contributed by atoms with Gasteiger partial charge in [0.15, 0.2) is 0 Å². The van der Waals surface area contributed by atoms with Crippen LogP contribution in [0.25, 0.3) is 0 Å². The molecule has 0 aliphatic heterocycles. The van der Waals surface area contributed by atoms with Crippen LogP contribution in [0.4, 0.5) is 0 Å². The second-order valence-electron chi connectivity index (χ2n) is 4.54. The van der Waals surface area contributed by atoms with Crippen LogP contribution in [0.1, 0.15) is 49.9 Å². The molecule has 18 heavy (non-hydrogen) atoms. The predicted molar refractivity (Wildman–Crippen MR) is 71.5 cm³/mol. The number of rotatable bonds is 7. The third kappa shape index (κ3) is 4.88. The van der Waals surface area contributed by atoms with Crippen molar-refractivity contribution in [2.45, 2.75) is 51.7 Å². The smallest absolute Gasteiger partial charge is 0.338 e. The molecule has 0 aliphatic rings. The van der Waals surface area contributed by atoms with E-state index in [0.717, 1.165) is 19.3 Å². The van der Waals surface area contributed by atoms with E-state index in [1.54, 1.807) is 31.2 Å².